The van der Waals surface area contributed by atoms with Gasteiger partial charge in [0.1, 0.15) is 5.82 Å². The van der Waals surface area contributed by atoms with E-state index >= 15 is 0 Å². The molecule has 5 nitrogen and oxygen atoms in total. The highest BCUT2D eigenvalue weighted by molar-refractivity contribution is 5.96. The zero-order valence-electron chi connectivity index (χ0n) is 15.7. The molecule has 0 fully saturated rings. The van der Waals surface area contributed by atoms with E-state index in [1.54, 1.807) is 18.2 Å². The van der Waals surface area contributed by atoms with Crippen molar-refractivity contribution in [1.82, 2.24) is 15.2 Å². The van der Waals surface area contributed by atoms with Crippen molar-refractivity contribution in [3.63, 3.8) is 0 Å². The Morgan fingerprint density at radius 1 is 1.19 bits per heavy atom. The highest BCUT2D eigenvalue weighted by Crippen LogP contribution is 2.21. The zero-order valence-corrected chi connectivity index (χ0v) is 15.7. The molecule has 1 heterocycles. The molecular formula is C20H26FN3O2. The van der Waals surface area contributed by atoms with E-state index in [1.807, 2.05) is 32.3 Å². The molecule has 2 rings (SSSR count). The summed E-state index contributed by atoms with van der Waals surface area (Å²) in [7, 11) is 0. The number of aryl methyl sites for hydroxylation is 1. The molecule has 1 atom stereocenters. The average molecular weight is 359 g/mol. The first kappa shape index (κ1) is 19.7. The van der Waals surface area contributed by atoms with Crippen molar-refractivity contribution in [3.8, 4) is 5.69 Å². The molecule has 2 amide bonds. The summed E-state index contributed by atoms with van der Waals surface area (Å²) in [5.74, 6) is -0.593. The van der Waals surface area contributed by atoms with E-state index < -0.39 is 0 Å². The van der Waals surface area contributed by atoms with Gasteiger partial charge < -0.3 is 15.2 Å². The number of amides is 2. The first-order valence-corrected chi connectivity index (χ1v) is 8.86. The second-order valence-corrected chi connectivity index (χ2v) is 6.48. The maximum absolute atomic E-state index is 13.1. The summed E-state index contributed by atoms with van der Waals surface area (Å²) >= 11 is 0. The number of carbonyl (C=O) groups is 2. The fourth-order valence-corrected chi connectivity index (χ4v) is 2.81. The molecule has 1 aromatic carbocycles. The molecular weight excluding hydrogens is 333 g/mol. The standard InChI is InChI=1S/C20H26FN3O2/c1-5-13(2)23-19(25)10-11-22-20(26)18-12-14(3)24(15(18)4)17-8-6-16(21)7-9-17/h6-9,12-13H,5,10-11H2,1-4H3,(H,22,26)(H,23,25). The molecule has 0 spiro atoms. The van der Waals surface area contributed by atoms with Crippen LogP contribution in [0.25, 0.3) is 5.69 Å². The van der Waals surface area contributed by atoms with E-state index in [4.69, 9.17) is 0 Å². The Kier molecular flexibility index (Phi) is 6.55. The van der Waals surface area contributed by atoms with Crippen molar-refractivity contribution in [1.29, 1.82) is 0 Å². The second-order valence-electron chi connectivity index (χ2n) is 6.48. The Morgan fingerprint density at radius 2 is 1.85 bits per heavy atom. The lowest BCUT2D eigenvalue weighted by molar-refractivity contribution is -0.121. The maximum Gasteiger partial charge on any atom is 0.253 e. The molecule has 0 aliphatic carbocycles. The van der Waals surface area contributed by atoms with Gasteiger partial charge >= 0.3 is 0 Å². The minimum Gasteiger partial charge on any atom is -0.354 e. The zero-order chi connectivity index (χ0) is 19.3. The summed E-state index contributed by atoms with van der Waals surface area (Å²) in [5.41, 5.74) is 3.01. The summed E-state index contributed by atoms with van der Waals surface area (Å²) in [6, 6.07) is 8.07. The van der Waals surface area contributed by atoms with Crippen molar-refractivity contribution >= 4 is 11.8 Å². The van der Waals surface area contributed by atoms with Gasteiger partial charge in [0.25, 0.3) is 5.91 Å². The highest BCUT2D eigenvalue weighted by atomic mass is 19.1. The van der Waals surface area contributed by atoms with E-state index in [-0.39, 0.29) is 36.6 Å². The summed E-state index contributed by atoms with van der Waals surface area (Å²) in [5, 5.41) is 5.66. The van der Waals surface area contributed by atoms with Crippen molar-refractivity contribution in [2.45, 2.75) is 46.6 Å². The molecule has 140 valence electrons. The SMILES string of the molecule is CCC(C)NC(=O)CCNC(=O)c1cc(C)n(-c2ccc(F)cc2)c1C. The van der Waals surface area contributed by atoms with E-state index in [2.05, 4.69) is 10.6 Å². The van der Waals surface area contributed by atoms with Gasteiger partial charge in [0, 0.05) is 36.1 Å². The van der Waals surface area contributed by atoms with Crippen LogP contribution in [-0.4, -0.2) is 29.0 Å². The smallest absolute Gasteiger partial charge is 0.253 e. The van der Waals surface area contributed by atoms with Crippen LogP contribution in [0.1, 0.15) is 48.4 Å². The van der Waals surface area contributed by atoms with E-state index in [9.17, 15) is 14.0 Å². The van der Waals surface area contributed by atoms with Crippen LogP contribution in [-0.2, 0) is 4.79 Å². The van der Waals surface area contributed by atoms with Crippen molar-refractivity contribution < 1.29 is 14.0 Å². The average Bonchev–Trinajstić information content (AvgIpc) is 2.90. The van der Waals surface area contributed by atoms with Gasteiger partial charge in [-0.25, -0.2) is 4.39 Å². The molecule has 6 heteroatoms. The predicted octanol–water partition coefficient (Wildman–Crippen LogP) is 3.27. The lowest BCUT2D eigenvalue weighted by Gasteiger charge is -2.12. The van der Waals surface area contributed by atoms with Crippen LogP contribution < -0.4 is 10.6 Å². The van der Waals surface area contributed by atoms with E-state index in [0.717, 1.165) is 23.5 Å². The van der Waals surface area contributed by atoms with Crippen molar-refractivity contribution in [3.05, 3.63) is 53.1 Å². The van der Waals surface area contributed by atoms with Crippen LogP contribution in [0.4, 0.5) is 4.39 Å². The van der Waals surface area contributed by atoms with Crippen LogP contribution in [0.5, 0.6) is 0 Å². The molecule has 0 radical (unpaired) electrons. The third-order valence-corrected chi connectivity index (χ3v) is 4.42. The largest absolute Gasteiger partial charge is 0.354 e. The molecule has 0 saturated heterocycles. The van der Waals surface area contributed by atoms with Crippen molar-refractivity contribution in [2.24, 2.45) is 0 Å². The molecule has 0 aliphatic heterocycles. The van der Waals surface area contributed by atoms with Gasteiger partial charge in [-0.1, -0.05) is 6.92 Å². The normalized spacial score (nSPS) is 11.9. The number of aromatic nitrogens is 1. The number of hydrogen-bond acceptors (Lipinski definition) is 2. The maximum atomic E-state index is 13.1. The summed E-state index contributed by atoms with van der Waals surface area (Å²) in [6.45, 7) is 7.97. The van der Waals surface area contributed by atoms with Gasteiger partial charge in [0.15, 0.2) is 0 Å². The third-order valence-electron chi connectivity index (χ3n) is 4.42. The Hall–Kier alpha value is -2.63. The van der Waals surface area contributed by atoms with Gasteiger partial charge in [0.05, 0.1) is 5.56 Å². The molecule has 1 unspecified atom stereocenters. The number of benzene rings is 1. The van der Waals surface area contributed by atoms with Crippen LogP contribution in [0.2, 0.25) is 0 Å². The molecule has 0 saturated carbocycles. The molecule has 2 aromatic rings. The summed E-state index contributed by atoms with van der Waals surface area (Å²) in [4.78, 5) is 24.2. The number of rotatable bonds is 7. The number of carbonyl (C=O) groups excluding carboxylic acids is 2. The highest BCUT2D eigenvalue weighted by Gasteiger charge is 2.17. The minimum atomic E-state index is -0.301. The molecule has 2 N–H and O–H groups in total. The fraction of sp³-hybridized carbons (Fsp3) is 0.400. The van der Waals surface area contributed by atoms with Gasteiger partial charge in [-0.2, -0.15) is 0 Å². The number of hydrogen-bond donors (Lipinski definition) is 2. The number of nitrogens with one attached hydrogen (secondary N) is 2. The second kappa shape index (κ2) is 8.65. The lowest BCUT2D eigenvalue weighted by atomic mass is 10.2. The lowest BCUT2D eigenvalue weighted by Crippen LogP contribution is -2.35. The monoisotopic (exact) mass is 359 g/mol. The Bertz CT molecular complexity index is 781. The molecule has 0 bridgehead atoms. The quantitative estimate of drug-likeness (QED) is 0.797. The third kappa shape index (κ3) is 4.71. The summed E-state index contributed by atoms with van der Waals surface area (Å²) in [6.07, 6.45) is 1.11. The predicted molar refractivity (Wildman–Crippen MR) is 100 cm³/mol. The fourth-order valence-electron chi connectivity index (χ4n) is 2.81. The molecule has 1 aromatic heterocycles. The Labute approximate surface area is 153 Å². The minimum absolute atomic E-state index is 0.0727. The first-order valence-electron chi connectivity index (χ1n) is 8.86. The Balaban J connectivity index is 2.03. The van der Waals surface area contributed by atoms with E-state index in [0.29, 0.717) is 5.56 Å². The topological polar surface area (TPSA) is 63.1 Å². The van der Waals surface area contributed by atoms with Gasteiger partial charge in [-0.3, -0.25) is 9.59 Å². The number of nitrogens with zero attached hydrogens (tertiary/aromatic N) is 1. The van der Waals surface area contributed by atoms with Crippen molar-refractivity contribution in [2.75, 3.05) is 6.54 Å². The van der Waals surface area contributed by atoms with Gasteiger partial charge in [-0.15, -0.1) is 0 Å². The van der Waals surface area contributed by atoms with E-state index in [1.165, 1.54) is 12.1 Å². The van der Waals surface area contributed by atoms with Crippen LogP contribution in [0.3, 0.4) is 0 Å². The van der Waals surface area contributed by atoms with Crippen LogP contribution >= 0.6 is 0 Å². The molecule has 0 aliphatic rings. The van der Waals surface area contributed by atoms with Gasteiger partial charge in [-0.05, 0) is 57.5 Å². The Morgan fingerprint density at radius 3 is 2.46 bits per heavy atom. The van der Waals surface area contributed by atoms with Gasteiger partial charge in [0.2, 0.25) is 5.91 Å². The van der Waals surface area contributed by atoms with Crippen LogP contribution in [0.15, 0.2) is 30.3 Å². The molecule has 26 heavy (non-hydrogen) atoms. The van der Waals surface area contributed by atoms with Crippen LogP contribution in [0, 0.1) is 19.7 Å². The number of halogens is 1. The first-order chi connectivity index (χ1) is 12.3. The summed E-state index contributed by atoms with van der Waals surface area (Å²) < 4.78 is 15.0.